The van der Waals surface area contributed by atoms with Gasteiger partial charge in [-0.3, -0.25) is 9.59 Å². The Morgan fingerprint density at radius 1 is 1.00 bits per heavy atom. The van der Waals surface area contributed by atoms with Gasteiger partial charge in [0.05, 0.1) is 17.1 Å². The molecule has 4 aliphatic carbocycles. The zero-order valence-electron chi connectivity index (χ0n) is 32.9. The van der Waals surface area contributed by atoms with E-state index in [2.05, 4.69) is 19.2 Å². The second kappa shape index (κ2) is 15.9. The summed E-state index contributed by atoms with van der Waals surface area (Å²) in [4.78, 5) is 54.9. The number of carbonyl (C=O) groups excluding carboxylic acids is 4. The number of likely N-dealkylation sites (N-methyl/N-ethyl adjacent to an activating group) is 2. The Morgan fingerprint density at radius 2 is 1.63 bits per heavy atom. The van der Waals surface area contributed by atoms with Crippen LogP contribution in [0, 0.1) is 28.6 Å². The highest BCUT2D eigenvalue weighted by atomic mass is 35.5. The van der Waals surface area contributed by atoms with Gasteiger partial charge in [0.25, 0.3) is 0 Å². The molecule has 13 heteroatoms. The number of nitrogens with zero attached hydrogens (tertiary/aromatic N) is 2. The summed E-state index contributed by atoms with van der Waals surface area (Å²) < 4.78 is 17.2. The quantitative estimate of drug-likeness (QED) is 0.0986. The minimum Gasteiger partial charge on any atom is -0.450 e. The molecule has 0 saturated heterocycles. The highest BCUT2D eigenvalue weighted by Gasteiger charge is 2.76. The number of rotatable bonds is 12. The van der Waals surface area contributed by atoms with Gasteiger partial charge < -0.3 is 39.5 Å². The monoisotopic (exact) mass is 771 g/mol. The summed E-state index contributed by atoms with van der Waals surface area (Å²) in [6.07, 6.45) is 4.23. The lowest BCUT2D eigenvalue weighted by Gasteiger charge is -2.64. The van der Waals surface area contributed by atoms with Gasteiger partial charge in [0.2, 0.25) is 5.78 Å². The Hall–Kier alpha value is -3.61. The van der Waals surface area contributed by atoms with Crippen LogP contribution >= 0.6 is 11.6 Å². The SMILES string of the molecule is CCC(=O)O[C@]1(C(=O)COC(=O)N(C)CCN(C)C(=O)OCc2ccc(NC(C)C)cc2)[C@@H](C)CC2[C@@H]3CCC4=CC(O)C=C[C@]4(C)[C@@]3(Cl)[C@@H](O)C[C@@]21C. The van der Waals surface area contributed by atoms with Crippen molar-refractivity contribution < 1.29 is 43.6 Å². The van der Waals surface area contributed by atoms with Gasteiger partial charge in [-0.25, -0.2) is 9.59 Å². The van der Waals surface area contributed by atoms with E-state index in [0.717, 1.165) is 16.8 Å². The van der Waals surface area contributed by atoms with Crippen LogP contribution in [-0.2, 0) is 30.4 Å². The van der Waals surface area contributed by atoms with E-state index in [-0.39, 0.29) is 44.4 Å². The van der Waals surface area contributed by atoms with Crippen LogP contribution in [0.3, 0.4) is 0 Å². The number of ketones is 1. The number of hydrogen-bond acceptors (Lipinski definition) is 10. The van der Waals surface area contributed by atoms with E-state index in [1.807, 2.05) is 57.2 Å². The van der Waals surface area contributed by atoms with Gasteiger partial charge in [-0.2, -0.15) is 0 Å². The molecule has 3 N–H and O–H groups in total. The molecule has 4 aliphatic rings. The number of nitrogens with one attached hydrogen (secondary N) is 1. The van der Waals surface area contributed by atoms with Crippen LogP contribution < -0.4 is 5.32 Å². The summed E-state index contributed by atoms with van der Waals surface area (Å²) in [5.74, 6) is -2.00. The van der Waals surface area contributed by atoms with Crippen molar-refractivity contribution in [2.45, 2.75) is 109 Å². The maximum Gasteiger partial charge on any atom is 0.409 e. The lowest BCUT2D eigenvalue weighted by Crippen LogP contribution is -2.69. The first-order chi connectivity index (χ1) is 25.3. The fourth-order valence-corrected chi connectivity index (χ4v) is 10.4. The van der Waals surface area contributed by atoms with Gasteiger partial charge in [0.15, 0.2) is 12.2 Å². The van der Waals surface area contributed by atoms with E-state index in [4.69, 9.17) is 25.8 Å². The lowest BCUT2D eigenvalue weighted by molar-refractivity contribution is -0.202. The van der Waals surface area contributed by atoms with E-state index in [1.165, 1.54) is 16.8 Å². The lowest BCUT2D eigenvalue weighted by atomic mass is 9.45. The van der Waals surface area contributed by atoms with Crippen molar-refractivity contribution in [2.75, 3.05) is 39.1 Å². The molecule has 2 amide bonds. The average Bonchev–Trinajstić information content (AvgIpc) is 3.34. The molecule has 0 aromatic heterocycles. The second-order valence-corrected chi connectivity index (χ2v) is 17.1. The summed E-state index contributed by atoms with van der Waals surface area (Å²) in [6, 6.07) is 7.91. The highest BCUT2D eigenvalue weighted by molar-refractivity contribution is 6.26. The number of benzene rings is 1. The molecule has 12 nitrogen and oxygen atoms in total. The van der Waals surface area contributed by atoms with E-state index >= 15 is 0 Å². The number of aliphatic hydroxyl groups excluding tert-OH is 2. The Labute approximate surface area is 324 Å². The molecule has 3 saturated carbocycles. The number of fused-ring (bicyclic) bond motifs is 5. The number of Topliss-reactive ketones (excluding diaryl/α,β-unsaturated/α-hetero) is 1. The molecule has 298 valence electrons. The van der Waals surface area contributed by atoms with Crippen molar-refractivity contribution in [1.29, 1.82) is 0 Å². The van der Waals surface area contributed by atoms with Gasteiger partial charge in [-0.05, 0) is 69.1 Å². The number of ether oxygens (including phenoxy) is 3. The van der Waals surface area contributed by atoms with Crippen molar-refractivity contribution >= 4 is 41.2 Å². The van der Waals surface area contributed by atoms with E-state index < -0.39 is 70.0 Å². The zero-order chi connectivity index (χ0) is 39.8. The summed E-state index contributed by atoms with van der Waals surface area (Å²) in [6.45, 7) is 11.2. The normalized spacial score (nSPS) is 33.8. The number of allylic oxidation sites excluding steroid dienone is 2. The molecule has 54 heavy (non-hydrogen) atoms. The third-order valence-electron chi connectivity index (χ3n) is 12.8. The largest absolute Gasteiger partial charge is 0.450 e. The Balaban J connectivity index is 1.23. The fourth-order valence-electron chi connectivity index (χ4n) is 9.88. The van der Waals surface area contributed by atoms with Crippen molar-refractivity contribution in [1.82, 2.24) is 9.80 Å². The molecule has 2 unspecified atom stereocenters. The molecule has 0 aliphatic heterocycles. The molecular formula is C41H58ClN3O9. The summed E-state index contributed by atoms with van der Waals surface area (Å²) in [5, 5.41) is 25.7. The third-order valence-corrected chi connectivity index (χ3v) is 13.7. The average molecular weight is 772 g/mol. The number of esters is 1. The minimum atomic E-state index is -1.67. The van der Waals surface area contributed by atoms with Crippen molar-refractivity contribution in [3.63, 3.8) is 0 Å². The van der Waals surface area contributed by atoms with Gasteiger partial charge in [-0.15, -0.1) is 11.6 Å². The summed E-state index contributed by atoms with van der Waals surface area (Å²) in [5.41, 5.74) is -0.618. The second-order valence-electron chi connectivity index (χ2n) is 16.5. The number of alkyl halides is 1. The summed E-state index contributed by atoms with van der Waals surface area (Å²) in [7, 11) is 3.07. The topological polar surface area (TPSA) is 155 Å². The van der Waals surface area contributed by atoms with Crippen LogP contribution in [0.4, 0.5) is 15.3 Å². The molecule has 3 fully saturated rings. The van der Waals surface area contributed by atoms with Crippen LogP contribution in [0.1, 0.15) is 79.2 Å². The molecule has 0 radical (unpaired) electrons. The molecule has 9 atom stereocenters. The first kappa shape index (κ1) is 41.6. The highest BCUT2D eigenvalue weighted by Crippen LogP contribution is 2.72. The van der Waals surface area contributed by atoms with Gasteiger partial charge >= 0.3 is 18.2 Å². The molecule has 0 heterocycles. The number of carbonyl (C=O) groups is 4. The third kappa shape index (κ3) is 7.25. The van der Waals surface area contributed by atoms with Crippen LogP contribution in [0.5, 0.6) is 0 Å². The smallest absolute Gasteiger partial charge is 0.409 e. The predicted octanol–water partition coefficient (Wildman–Crippen LogP) is 6.08. The first-order valence-electron chi connectivity index (χ1n) is 19.2. The molecule has 1 aromatic rings. The van der Waals surface area contributed by atoms with Crippen molar-refractivity contribution in [2.24, 2.45) is 28.6 Å². The number of anilines is 1. The van der Waals surface area contributed by atoms with Crippen molar-refractivity contribution in [3.8, 4) is 0 Å². The maximum absolute atomic E-state index is 14.5. The first-order valence-corrected chi connectivity index (χ1v) is 19.5. The molecule has 0 spiro atoms. The van der Waals surface area contributed by atoms with Gasteiger partial charge in [0, 0.05) is 62.1 Å². The van der Waals surface area contributed by atoms with Crippen LogP contribution in [0.15, 0.2) is 48.1 Å². The number of amides is 2. The van der Waals surface area contributed by atoms with Crippen LogP contribution in [-0.4, -0.2) is 106 Å². The minimum absolute atomic E-state index is 0.0355. The van der Waals surface area contributed by atoms with Crippen molar-refractivity contribution in [3.05, 3.63) is 53.6 Å². The predicted molar refractivity (Wildman–Crippen MR) is 205 cm³/mol. The molecule has 5 rings (SSSR count). The molecular weight excluding hydrogens is 714 g/mol. The molecule has 1 aromatic carbocycles. The number of aliphatic hydroxyl groups is 2. The van der Waals surface area contributed by atoms with Gasteiger partial charge in [0.1, 0.15) is 6.61 Å². The standard InChI is InChI=1S/C41H58ClN3O9/c1-9-35(49)54-41(26(4)20-32-31-15-12-28-21-30(46)16-17-38(28,5)40(31,42)33(47)22-39(32,41)6)34(48)24-53-37(51)45(8)19-18-44(7)36(50)52-23-27-10-13-29(14-11-27)43-25(2)3/h10-11,13-14,16-17,21,25-26,30-33,43,46-47H,9,12,15,18-20,22-24H2,1-8H3/t26-,30?,31-,32?,33-,38-,39-,40-,41-/m0/s1. The van der Waals surface area contributed by atoms with E-state index in [9.17, 15) is 29.4 Å². The number of halogens is 1. The van der Waals surface area contributed by atoms with E-state index in [0.29, 0.717) is 25.3 Å². The fraction of sp³-hybridized carbons (Fsp3) is 0.659. The maximum atomic E-state index is 14.5. The summed E-state index contributed by atoms with van der Waals surface area (Å²) >= 11 is 7.62. The Bertz CT molecular complexity index is 1650. The Morgan fingerprint density at radius 3 is 2.24 bits per heavy atom. The Kier molecular flexibility index (Phi) is 12.2. The zero-order valence-corrected chi connectivity index (χ0v) is 33.7. The van der Waals surface area contributed by atoms with Crippen LogP contribution in [0.2, 0.25) is 0 Å². The van der Waals surface area contributed by atoms with E-state index in [1.54, 1.807) is 20.0 Å². The van der Waals surface area contributed by atoms with Crippen LogP contribution in [0.25, 0.3) is 0 Å². The number of hydrogen-bond donors (Lipinski definition) is 3. The molecule has 0 bridgehead atoms. The van der Waals surface area contributed by atoms with Gasteiger partial charge in [-0.1, -0.05) is 63.6 Å².